The molecule has 1 rings (SSSR count). The maximum atomic E-state index is 9.16. The van der Waals surface area contributed by atoms with E-state index in [0.717, 1.165) is 10.0 Å². The van der Waals surface area contributed by atoms with Gasteiger partial charge in [0.15, 0.2) is 0 Å². The predicted molar refractivity (Wildman–Crippen MR) is 50.7 cm³/mol. The first-order chi connectivity index (χ1) is 5.22. The van der Waals surface area contributed by atoms with Crippen molar-refractivity contribution in [2.75, 3.05) is 7.05 Å². The molecule has 0 aliphatic heterocycles. The minimum atomic E-state index is 0.331. The van der Waals surface area contributed by atoms with Crippen LogP contribution in [0.25, 0.3) is 0 Å². The van der Waals surface area contributed by atoms with Crippen molar-refractivity contribution in [1.29, 1.82) is 0 Å². The summed E-state index contributed by atoms with van der Waals surface area (Å²) in [6.07, 6.45) is 0. The molecule has 11 heavy (non-hydrogen) atoms. The van der Waals surface area contributed by atoms with Crippen molar-refractivity contribution in [1.82, 2.24) is 0 Å². The van der Waals surface area contributed by atoms with Crippen LogP contribution in [0.15, 0.2) is 22.7 Å². The van der Waals surface area contributed by atoms with Crippen molar-refractivity contribution in [3.63, 3.8) is 0 Å². The summed E-state index contributed by atoms with van der Waals surface area (Å²) in [6.45, 7) is 1.86. The smallest absolute Gasteiger partial charge is 0.132 e. The van der Waals surface area contributed by atoms with Gasteiger partial charge in [-0.05, 0) is 41.5 Å². The van der Waals surface area contributed by atoms with Crippen LogP contribution in [0.4, 0.5) is 0 Å². The van der Waals surface area contributed by atoms with Crippen LogP contribution < -0.4 is 5.73 Å². The Balaban J connectivity index is 0.000000461. The van der Waals surface area contributed by atoms with Crippen molar-refractivity contribution in [3.8, 4) is 5.75 Å². The fraction of sp³-hybridized carbons (Fsp3) is 0.250. The number of hydrogen-bond acceptors (Lipinski definition) is 2. The predicted octanol–water partition coefficient (Wildman–Crippen LogP) is 2.04. The summed E-state index contributed by atoms with van der Waals surface area (Å²) < 4.78 is 0.752. The fourth-order valence-electron chi connectivity index (χ4n) is 0.623. The fourth-order valence-corrected chi connectivity index (χ4v) is 1.09. The lowest BCUT2D eigenvalue weighted by Crippen LogP contribution is -1.73. The lowest BCUT2D eigenvalue weighted by molar-refractivity contribution is 0.467. The normalized spacial score (nSPS) is 8.36. The van der Waals surface area contributed by atoms with Crippen molar-refractivity contribution in [2.45, 2.75) is 6.92 Å². The molecule has 0 aromatic heterocycles. The largest absolute Gasteiger partial charge is 0.506 e. The zero-order valence-corrected chi connectivity index (χ0v) is 8.22. The minimum absolute atomic E-state index is 0.331. The quantitative estimate of drug-likeness (QED) is 0.699. The second kappa shape index (κ2) is 5.16. The molecule has 0 saturated heterocycles. The van der Waals surface area contributed by atoms with Crippen molar-refractivity contribution in [3.05, 3.63) is 28.2 Å². The molecule has 0 unspecified atom stereocenters. The molecule has 0 fully saturated rings. The second-order valence-electron chi connectivity index (χ2n) is 1.91. The molecule has 0 heterocycles. The topological polar surface area (TPSA) is 46.2 Å². The average Bonchev–Trinajstić information content (AvgIpc) is 2.04. The number of nitrogens with two attached hydrogens (primary N) is 1. The number of benzene rings is 1. The molecule has 0 bridgehead atoms. The average molecular weight is 218 g/mol. The second-order valence-corrected chi connectivity index (χ2v) is 2.76. The van der Waals surface area contributed by atoms with Gasteiger partial charge in [0, 0.05) is 0 Å². The van der Waals surface area contributed by atoms with Crippen LogP contribution in [0.5, 0.6) is 5.75 Å². The molecule has 3 N–H and O–H groups in total. The third kappa shape index (κ3) is 2.91. The first-order valence-corrected chi connectivity index (χ1v) is 4.03. The van der Waals surface area contributed by atoms with Gasteiger partial charge in [0.25, 0.3) is 0 Å². The van der Waals surface area contributed by atoms with E-state index in [1.165, 1.54) is 7.05 Å². The van der Waals surface area contributed by atoms with Gasteiger partial charge in [-0.2, -0.15) is 0 Å². The maximum Gasteiger partial charge on any atom is 0.132 e. The van der Waals surface area contributed by atoms with Crippen LogP contribution >= 0.6 is 15.9 Å². The van der Waals surface area contributed by atoms with Gasteiger partial charge < -0.3 is 10.8 Å². The number of para-hydroxylation sites is 1. The molecule has 0 spiro atoms. The highest BCUT2D eigenvalue weighted by Crippen LogP contribution is 2.25. The van der Waals surface area contributed by atoms with E-state index in [2.05, 4.69) is 21.7 Å². The van der Waals surface area contributed by atoms with Gasteiger partial charge in [0.05, 0.1) is 4.47 Å². The standard InChI is InChI=1S/C7H7BrO.CH5N/c1-5-3-2-4-6(8)7(5)9;1-2/h2-4,9H,1H3;2H2,1H3. The summed E-state index contributed by atoms with van der Waals surface area (Å²) in [7, 11) is 1.50. The Bertz CT molecular complexity index is 205. The SMILES string of the molecule is CN.Cc1cccc(Br)c1O. The molecule has 1 aromatic rings. The monoisotopic (exact) mass is 217 g/mol. The van der Waals surface area contributed by atoms with Crippen molar-refractivity contribution >= 4 is 15.9 Å². The summed E-state index contributed by atoms with van der Waals surface area (Å²) in [4.78, 5) is 0. The van der Waals surface area contributed by atoms with Gasteiger partial charge in [0.1, 0.15) is 5.75 Å². The van der Waals surface area contributed by atoms with Crippen LogP contribution in [0, 0.1) is 6.92 Å². The van der Waals surface area contributed by atoms with Crippen molar-refractivity contribution in [2.24, 2.45) is 5.73 Å². The minimum Gasteiger partial charge on any atom is -0.506 e. The number of hydrogen-bond donors (Lipinski definition) is 2. The van der Waals surface area contributed by atoms with Gasteiger partial charge in [-0.25, -0.2) is 0 Å². The van der Waals surface area contributed by atoms with Crippen LogP contribution in [0.2, 0.25) is 0 Å². The Morgan fingerprint density at radius 1 is 1.36 bits per heavy atom. The maximum absolute atomic E-state index is 9.16. The van der Waals surface area contributed by atoms with Crippen LogP contribution in [0.3, 0.4) is 0 Å². The Kier molecular flexibility index (Phi) is 4.90. The summed E-state index contributed by atoms with van der Waals surface area (Å²) in [6, 6.07) is 5.56. The van der Waals surface area contributed by atoms with E-state index in [0.29, 0.717) is 5.75 Å². The molecule has 0 atom stereocenters. The van der Waals surface area contributed by atoms with Gasteiger partial charge in [0.2, 0.25) is 0 Å². The Labute approximate surface area is 75.2 Å². The van der Waals surface area contributed by atoms with Crippen LogP contribution in [0.1, 0.15) is 5.56 Å². The Morgan fingerprint density at radius 2 is 1.91 bits per heavy atom. The van der Waals surface area contributed by atoms with Gasteiger partial charge in [-0.15, -0.1) is 0 Å². The summed E-state index contributed by atoms with van der Waals surface area (Å²) >= 11 is 3.20. The van der Waals surface area contributed by atoms with E-state index in [1.54, 1.807) is 0 Å². The molecular formula is C8H12BrNO. The molecule has 2 nitrogen and oxygen atoms in total. The summed E-state index contributed by atoms with van der Waals surface area (Å²) in [5, 5.41) is 9.16. The zero-order valence-electron chi connectivity index (χ0n) is 6.63. The lowest BCUT2D eigenvalue weighted by Gasteiger charge is -1.97. The van der Waals surface area contributed by atoms with Gasteiger partial charge >= 0.3 is 0 Å². The number of phenolic OH excluding ortho intramolecular Hbond substituents is 1. The number of phenols is 1. The molecule has 0 aliphatic rings. The van der Waals surface area contributed by atoms with Gasteiger partial charge in [-0.3, -0.25) is 0 Å². The van der Waals surface area contributed by atoms with Crippen molar-refractivity contribution < 1.29 is 5.11 Å². The van der Waals surface area contributed by atoms with E-state index in [1.807, 2.05) is 25.1 Å². The number of halogens is 1. The number of aromatic hydroxyl groups is 1. The molecule has 0 aliphatic carbocycles. The molecule has 0 saturated carbocycles. The van der Waals surface area contributed by atoms with E-state index in [-0.39, 0.29) is 0 Å². The highest BCUT2D eigenvalue weighted by Gasteiger charge is 1.96. The summed E-state index contributed by atoms with van der Waals surface area (Å²) in [5.41, 5.74) is 5.39. The molecular weight excluding hydrogens is 206 g/mol. The van der Waals surface area contributed by atoms with Crippen LogP contribution in [-0.4, -0.2) is 12.2 Å². The third-order valence-corrected chi connectivity index (χ3v) is 1.83. The zero-order chi connectivity index (χ0) is 8.85. The van der Waals surface area contributed by atoms with E-state index < -0.39 is 0 Å². The Morgan fingerprint density at radius 3 is 2.27 bits per heavy atom. The lowest BCUT2D eigenvalue weighted by atomic mass is 10.2. The van der Waals surface area contributed by atoms with E-state index in [9.17, 15) is 0 Å². The highest BCUT2D eigenvalue weighted by atomic mass is 79.9. The third-order valence-electron chi connectivity index (χ3n) is 1.19. The summed E-state index contributed by atoms with van der Waals surface area (Å²) in [5.74, 6) is 0.331. The first kappa shape index (κ1) is 10.5. The molecule has 0 radical (unpaired) electrons. The number of rotatable bonds is 0. The number of aryl methyl sites for hydroxylation is 1. The molecule has 1 aromatic carbocycles. The molecule has 62 valence electrons. The Hall–Kier alpha value is -0.540. The molecule has 0 amide bonds. The highest BCUT2D eigenvalue weighted by molar-refractivity contribution is 9.10. The molecule has 3 heteroatoms. The van der Waals surface area contributed by atoms with Crippen LogP contribution in [-0.2, 0) is 0 Å². The van der Waals surface area contributed by atoms with E-state index in [4.69, 9.17) is 5.11 Å². The van der Waals surface area contributed by atoms with E-state index >= 15 is 0 Å². The van der Waals surface area contributed by atoms with Gasteiger partial charge in [-0.1, -0.05) is 12.1 Å². The first-order valence-electron chi connectivity index (χ1n) is 3.23.